The molecule has 1 atom stereocenters. The second kappa shape index (κ2) is 7.40. The van der Waals surface area contributed by atoms with Crippen LogP contribution < -0.4 is 4.74 Å². The van der Waals surface area contributed by atoms with Gasteiger partial charge in [0.05, 0.1) is 13.2 Å². The third-order valence-corrected chi connectivity index (χ3v) is 4.37. The van der Waals surface area contributed by atoms with Crippen molar-refractivity contribution < 1.29 is 19.0 Å². The number of hydrogen-bond acceptors (Lipinski definition) is 4. The average Bonchev–Trinajstić information content (AvgIpc) is 2.88. The highest BCUT2D eigenvalue weighted by Crippen LogP contribution is 2.32. The average molecular weight is 317 g/mol. The van der Waals surface area contributed by atoms with Crippen LogP contribution in [0, 0.1) is 0 Å². The first-order valence-electron chi connectivity index (χ1n) is 8.19. The van der Waals surface area contributed by atoms with Gasteiger partial charge in [0, 0.05) is 6.54 Å². The van der Waals surface area contributed by atoms with E-state index in [4.69, 9.17) is 14.2 Å². The predicted octanol–water partition coefficient (Wildman–Crippen LogP) is 3.03. The highest BCUT2D eigenvalue weighted by molar-refractivity contribution is 5.91. The molecule has 0 radical (unpaired) electrons. The second-order valence-corrected chi connectivity index (χ2v) is 5.84. The minimum atomic E-state index is -0.0765. The molecule has 2 aliphatic heterocycles. The zero-order valence-electron chi connectivity index (χ0n) is 13.5. The van der Waals surface area contributed by atoms with E-state index in [1.165, 1.54) is 6.26 Å². The topological polar surface area (TPSA) is 48.0 Å². The smallest absolute Gasteiger partial charge is 0.292 e. The summed E-state index contributed by atoms with van der Waals surface area (Å²) in [6, 6.07) is 8.05. The molecule has 0 aromatic heterocycles. The zero-order valence-corrected chi connectivity index (χ0v) is 13.5. The molecule has 1 aromatic rings. The molecule has 1 aromatic carbocycles. The van der Waals surface area contributed by atoms with E-state index in [2.05, 4.69) is 0 Å². The number of methoxy groups -OCH3 is 1. The van der Waals surface area contributed by atoms with Gasteiger partial charge in [-0.3, -0.25) is 4.79 Å². The monoisotopic (exact) mass is 317 g/mol. The van der Waals surface area contributed by atoms with Gasteiger partial charge in [-0.05, 0) is 30.5 Å². The summed E-state index contributed by atoms with van der Waals surface area (Å²) < 4.78 is 15.9. The van der Waals surface area contributed by atoms with Crippen molar-refractivity contribution in [2.24, 2.45) is 0 Å². The second-order valence-electron chi connectivity index (χ2n) is 5.84. The fourth-order valence-electron chi connectivity index (χ4n) is 3.15. The fraction of sp³-hybridized carbons (Fsp3) is 0.500. The van der Waals surface area contributed by atoms with Crippen molar-refractivity contribution in [3.8, 4) is 5.75 Å². The number of carbonyl (C=O) groups is 1. The van der Waals surface area contributed by atoms with Crippen molar-refractivity contribution in [1.29, 1.82) is 0 Å². The Balaban J connectivity index is 1.84. The largest absolute Gasteiger partial charge is 0.497 e. The first-order valence-corrected chi connectivity index (χ1v) is 8.19. The van der Waals surface area contributed by atoms with Gasteiger partial charge in [-0.1, -0.05) is 25.0 Å². The lowest BCUT2D eigenvalue weighted by Crippen LogP contribution is -2.37. The molecule has 1 fully saturated rings. The molecule has 0 N–H and O–H groups in total. The van der Waals surface area contributed by atoms with Gasteiger partial charge in [0.1, 0.15) is 25.2 Å². The number of likely N-dealkylation sites (tertiary alicyclic amines) is 1. The molecule has 23 heavy (non-hydrogen) atoms. The Bertz CT molecular complexity index is 567. The zero-order chi connectivity index (χ0) is 16.1. The normalized spacial score (nSPS) is 21.5. The van der Waals surface area contributed by atoms with Gasteiger partial charge in [-0.25, -0.2) is 0 Å². The lowest BCUT2D eigenvalue weighted by atomic mass is 10.0. The molecule has 5 nitrogen and oxygen atoms in total. The number of hydrogen-bond donors (Lipinski definition) is 0. The molecular formula is C18H23NO4. The summed E-state index contributed by atoms with van der Waals surface area (Å²) in [6.45, 7) is 1.67. The summed E-state index contributed by atoms with van der Waals surface area (Å²) >= 11 is 0. The third-order valence-electron chi connectivity index (χ3n) is 4.37. The molecule has 0 aliphatic carbocycles. The lowest BCUT2D eigenvalue weighted by molar-refractivity contribution is -0.134. The Morgan fingerprint density at radius 2 is 2.00 bits per heavy atom. The van der Waals surface area contributed by atoms with Crippen LogP contribution in [0.1, 0.15) is 37.3 Å². The van der Waals surface area contributed by atoms with Crippen molar-refractivity contribution in [3.05, 3.63) is 41.9 Å². The molecule has 0 bridgehead atoms. The van der Waals surface area contributed by atoms with Crippen LogP contribution >= 0.6 is 0 Å². The molecule has 0 saturated carbocycles. The van der Waals surface area contributed by atoms with E-state index < -0.39 is 0 Å². The molecule has 0 spiro atoms. The van der Waals surface area contributed by atoms with Crippen LogP contribution in [0.3, 0.4) is 0 Å². The van der Waals surface area contributed by atoms with E-state index in [9.17, 15) is 4.79 Å². The van der Waals surface area contributed by atoms with Gasteiger partial charge in [0.25, 0.3) is 5.91 Å². The summed E-state index contributed by atoms with van der Waals surface area (Å²) in [5, 5.41) is 0. The van der Waals surface area contributed by atoms with Gasteiger partial charge in [0.2, 0.25) is 5.76 Å². The highest BCUT2D eigenvalue weighted by Gasteiger charge is 2.30. The van der Waals surface area contributed by atoms with Crippen molar-refractivity contribution in [2.75, 3.05) is 26.9 Å². The lowest BCUT2D eigenvalue weighted by Gasteiger charge is -2.31. The minimum absolute atomic E-state index is 0.0716. The standard InChI is InChI=1S/C18H23NO4/c1-21-15-8-6-14(7-9-15)16-5-3-2-4-10-19(16)18(20)17-13-22-11-12-23-17/h6-9,13,16H,2-5,10-12H2,1H3/t16-/m1/s1. The molecular weight excluding hydrogens is 294 g/mol. The van der Waals surface area contributed by atoms with Crippen molar-refractivity contribution in [1.82, 2.24) is 4.90 Å². The van der Waals surface area contributed by atoms with Gasteiger partial charge < -0.3 is 19.1 Å². The van der Waals surface area contributed by atoms with Crippen LogP contribution in [0.5, 0.6) is 5.75 Å². The van der Waals surface area contributed by atoms with Crippen molar-refractivity contribution >= 4 is 5.91 Å². The first kappa shape index (κ1) is 15.7. The van der Waals surface area contributed by atoms with E-state index >= 15 is 0 Å². The number of carbonyl (C=O) groups excluding carboxylic acids is 1. The van der Waals surface area contributed by atoms with E-state index in [-0.39, 0.29) is 11.9 Å². The maximum atomic E-state index is 12.8. The number of amides is 1. The van der Waals surface area contributed by atoms with E-state index in [0.29, 0.717) is 19.0 Å². The molecule has 5 heteroatoms. The summed E-state index contributed by atoms with van der Waals surface area (Å²) in [4.78, 5) is 14.8. The Morgan fingerprint density at radius 1 is 1.17 bits per heavy atom. The highest BCUT2D eigenvalue weighted by atomic mass is 16.6. The van der Waals surface area contributed by atoms with E-state index in [1.54, 1.807) is 7.11 Å². The Kier molecular flexibility index (Phi) is 5.05. The predicted molar refractivity (Wildman–Crippen MR) is 85.9 cm³/mol. The van der Waals surface area contributed by atoms with Crippen LogP contribution in [0.25, 0.3) is 0 Å². The van der Waals surface area contributed by atoms with Crippen LogP contribution in [0.4, 0.5) is 0 Å². The number of benzene rings is 1. The van der Waals surface area contributed by atoms with Crippen molar-refractivity contribution in [2.45, 2.75) is 31.7 Å². The first-order chi connectivity index (χ1) is 11.3. The van der Waals surface area contributed by atoms with Crippen LogP contribution in [0.2, 0.25) is 0 Å². The molecule has 2 heterocycles. The molecule has 2 aliphatic rings. The Morgan fingerprint density at radius 3 is 2.70 bits per heavy atom. The molecule has 124 valence electrons. The Hall–Kier alpha value is -2.17. The van der Waals surface area contributed by atoms with Gasteiger partial charge >= 0.3 is 0 Å². The number of ether oxygens (including phenoxy) is 3. The van der Waals surface area contributed by atoms with Crippen LogP contribution in [-0.4, -0.2) is 37.7 Å². The molecule has 0 unspecified atom stereocenters. The molecule has 1 saturated heterocycles. The van der Waals surface area contributed by atoms with Gasteiger partial charge in [-0.15, -0.1) is 0 Å². The summed E-state index contributed by atoms with van der Waals surface area (Å²) in [6.07, 6.45) is 5.70. The SMILES string of the molecule is COc1ccc([C@H]2CCCCCN2C(=O)C2=COCCO2)cc1. The third kappa shape index (κ3) is 3.60. The minimum Gasteiger partial charge on any atom is -0.497 e. The quantitative estimate of drug-likeness (QED) is 0.860. The van der Waals surface area contributed by atoms with Crippen molar-refractivity contribution in [3.63, 3.8) is 0 Å². The summed E-state index contributed by atoms with van der Waals surface area (Å²) in [5.74, 6) is 1.07. The maximum absolute atomic E-state index is 12.8. The van der Waals surface area contributed by atoms with Gasteiger partial charge in [0.15, 0.2) is 0 Å². The molecule has 3 rings (SSSR count). The molecule has 1 amide bonds. The Labute approximate surface area is 136 Å². The maximum Gasteiger partial charge on any atom is 0.292 e. The van der Waals surface area contributed by atoms with Gasteiger partial charge in [-0.2, -0.15) is 0 Å². The van der Waals surface area contributed by atoms with Crippen LogP contribution in [-0.2, 0) is 14.3 Å². The fourth-order valence-corrected chi connectivity index (χ4v) is 3.15. The summed E-state index contributed by atoms with van der Waals surface area (Å²) in [7, 11) is 1.66. The number of rotatable bonds is 3. The van der Waals surface area contributed by atoms with E-state index in [1.807, 2.05) is 29.2 Å². The summed E-state index contributed by atoms with van der Waals surface area (Å²) in [5.41, 5.74) is 1.14. The number of nitrogens with zero attached hydrogens (tertiary/aromatic N) is 1. The van der Waals surface area contributed by atoms with E-state index in [0.717, 1.165) is 43.5 Å². The van der Waals surface area contributed by atoms with Crippen LogP contribution in [0.15, 0.2) is 36.3 Å².